The molecule has 0 saturated heterocycles. The number of halogens is 1. The summed E-state index contributed by atoms with van der Waals surface area (Å²) in [7, 11) is 0. The molecule has 0 bridgehead atoms. The smallest absolute Gasteiger partial charge is 0.269 e. The minimum atomic E-state index is -0.757. The number of nitrogens with zero attached hydrogens (tertiary/aromatic N) is 3. The Balaban J connectivity index is 2.08. The van der Waals surface area contributed by atoms with Crippen LogP contribution in [0.25, 0.3) is 11.3 Å². The quantitative estimate of drug-likeness (QED) is 0.299. The van der Waals surface area contributed by atoms with Crippen molar-refractivity contribution in [2.75, 3.05) is 12.0 Å². The molecule has 150 valence electrons. The van der Waals surface area contributed by atoms with E-state index >= 15 is 0 Å². The van der Waals surface area contributed by atoms with E-state index in [9.17, 15) is 29.5 Å². The number of nitrogens with one attached hydrogen (secondary N) is 1. The van der Waals surface area contributed by atoms with E-state index in [1.807, 2.05) is 0 Å². The molecule has 3 aromatic rings. The number of aromatic nitrogens is 2. The zero-order chi connectivity index (χ0) is 21.0. The Labute approximate surface area is 162 Å². The normalized spacial score (nSPS) is 10.5. The maximum Gasteiger partial charge on any atom is 0.269 e. The first-order chi connectivity index (χ1) is 13.9. The molecule has 0 aliphatic carbocycles. The fraction of sp³-hybridized carbons (Fsp3) is 0.111. The Morgan fingerprint density at radius 2 is 1.97 bits per heavy atom. The molecule has 3 rings (SSSR count). The van der Waals surface area contributed by atoms with Crippen molar-refractivity contribution in [3.63, 3.8) is 0 Å². The number of alkyl halides is 1. The number of phenols is 2. The number of anilines is 1. The lowest BCUT2D eigenvalue weighted by atomic mass is 10.1. The number of hydrogen-bond acceptors (Lipinski definition) is 7. The molecular formula is C18H15FN4O6. The van der Waals surface area contributed by atoms with Crippen molar-refractivity contribution in [2.24, 2.45) is 0 Å². The number of rotatable bonds is 8. The van der Waals surface area contributed by atoms with Crippen LogP contribution in [0.5, 0.6) is 23.0 Å². The number of nitro groups is 1. The van der Waals surface area contributed by atoms with Crippen LogP contribution in [0.4, 0.5) is 15.9 Å². The number of benzene rings is 2. The minimum absolute atomic E-state index is 0.00554. The van der Waals surface area contributed by atoms with Crippen molar-refractivity contribution >= 4 is 17.9 Å². The SMILES string of the molecule is O=CNc1cc(-c2c(O)cc(O)cc2Oc2ccc([N+](=O)[O-])cc2)n(CCF)n1. The van der Waals surface area contributed by atoms with E-state index in [1.165, 1.54) is 41.1 Å². The molecule has 0 spiro atoms. The summed E-state index contributed by atoms with van der Waals surface area (Å²) in [5.74, 6) is -0.360. The summed E-state index contributed by atoms with van der Waals surface area (Å²) in [4.78, 5) is 20.9. The van der Waals surface area contributed by atoms with E-state index < -0.39 is 11.6 Å². The number of nitro benzene ring substituents is 1. The Morgan fingerprint density at radius 1 is 1.24 bits per heavy atom. The van der Waals surface area contributed by atoms with Crippen molar-refractivity contribution in [2.45, 2.75) is 6.54 Å². The van der Waals surface area contributed by atoms with Crippen LogP contribution < -0.4 is 10.1 Å². The number of ether oxygens (including phenoxy) is 1. The van der Waals surface area contributed by atoms with E-state index in [1.54, 1.807) is 0 Å². The molecule has 10 nitrogen and oxygen atoms in total. The zero-order valence-electron chi connectivity index (χ0n) is 14.8. The highest BCUT2D eigenvalue weighted by atomic mass is 19.1. The van der Waals surface area contributed by atoms with Gasteiger partial charge in [0.2, 0.25) is 6.41 Å². The van der Waals surface area contributed by atoms with Crippen LogP contribution in [-0.2, 0) is 11.3 Å². The van der Waals surface area contributed by atoms with Crippen LogP contribution in [0, 0.1) is 10.1 Å². The Morgan fingerprint density at radius 3 is 2.59 bits per heavy atom. The van der Waals surface area contributed by atoms with Gasteiger partial charge in [0.15, 0.2) is 5.82 Å². The van der Waals surface area contributed by atoms with Crippen LogP contribution in [-0.4, -0.2) is 38.0 Å². The molecule has 0 fully saturated rings. The van der Waals surface area contributed by atoms with Crippen molar-refractivity contribution in [1.29, 1.82) is 0 Å². The van der Waals surface area contributed by atoms with Crippen molar-refractivity contribution < 1.29 is 29.1 Å². The fourth-order valence-electron chi connectivity index (χ4n) is 2.69. The molecule has 1 amide bonds. The molecule has 1 heterocycles. The standard InChI is InChI=1S/C18H15FN4O6/c19-5-6-22-14(9-17(21-22)20-10-24)18-15(26)7-12(25)8-16(18)29-13-3-1-11(2-4-13)23(27)28/h1-4,7-10,25-26H,5-6H2,(H,20,21,24). The Kier molecular flexibility index (Phi) is 5.58. The number of amides is 1. The van der Waals surface area contributed by atoms with Gasteiger partial charge in [-0.25, -0.2) is 4.39 Å². The third-order valence-corrected chi connectivity index (χ3v) is 3.88. The molecular weight excluding hydrogens is 387 g/mol. The average Bonchev–Trinajstić information content (AvgIpc) is 3.04. The second-order valence-corrected chi connectivity index (χ2v) is 5.78. The van der Waals surface area contributed by atoms with E-state index in [0.29, 0.717) is 6.41 Å². The van der Waals surface area contributed by atoms with Gasteiger partial charge in [0.1, 0.15) is 29.7 Å². The van der Waals surface area contributed by atoms with Gasteiger partial charge in [0.05, 0.1) is 22.7 Å². The number of aromatic hydroxyl groups is 2. The highest BCUT2D eigenvalue weighted by molar-refractivity contribution is 5.79. The first-order valence-electron chi connectivity index (χ1n) is 8.25. The molecule has 0 saturated carbocycles. The topological polar surface area (TPSA) is 140 Å². The highest BCUT2D eigenvalue weighted by Gasteiger charge is 2.20. The number of carbonyl (C=O) groups is 1. The summed E-state index contributed by atoms with van der Waals surface area (Å²) in [6.45, 7) is -0.917. The molecule has 0 atom stereocenters. The van der Waals surface area contributed by atoms with Crippen LogP contribution in [0.15, 0.2) is 42.5 Å². The maximum atomic E-state index is 12.9. The van der Waals surface area contributed by atoms with Gasteiger partial charge in [-0.1, -0.05) is 0 Å². The molecule has 1 aromatic heterocycles. The van der Waals surface area contributed by atoms with Gasteiger partial charge in [0.25, 0.3) is 5.69 Å². The third-order valence-electron chi connectivity index (χ3n) is 3.88. The van der Waals surface area contributed by atoms with E-state index in [2.05, 4.69) is 10.4 Å². The fourth-order valence-corrected chi connectivity index (χ4v) is 2.69. The second kappa shape index (κ2) is 8.25. The largest absolute Gasteiger partial charge is 0.508 e. The van der Waals surface area contributed by atoms with Crippen molar-refractivity contribution in [3.05, 3.63) is 52.6 Å². The molecule has 0 unspecified atom stereocenters. The van der Waals surface area contributed by atoms with Crippen molar-refractivity contribution in [3.8, 4) is 34.3 Å². The predicted molar refractivity (Wildman–Crippen MR) is 99.8 cm³/mol. The number of non-ortho nitro benzene ring substituents is 1. The van der Waals surface area contributed by atoms with Gasteiger partial charge in [-0.15, -0.1) is 0 Å². The molecule has 0 aliphatic heterocycles. The Bertz CT molecular complexity index is 1050. The molecule has 29 heavy (non-hydrogen) atoms. The lowest BCUT2D eigenvalue weighted by Gasteiger charge is -2.14. The predicted octanol–water partition coefficient (Wildman–Crippen LogP) is 3.20. The summed E-state index contributed by atoms with van der Waals surface area (Å²) in [5, 5.41) is 37.4. The lowest BCUT2D eigenvalue weighted by Crippen LogP contribution is -2.05. The van der Waals surface area contributed by atoms with Crippen LogP contribution >= 0.6 is 0 Å². The second-order valence-electron chi connectivity index (χ2n) is 5.78. The summed E-state index contributed by atoms with van der Waals surface area (Å²) >= 11 is 0. The Hall–Kier alpha value is -4.15. The molecule has 0 aliphatic rings. The van der Waals surface area contributed by atoms with Crippen LogP contribution in [0.1, 0.15) is 0 Å². The average molecular weight is 402 g/mol. The first-order valence-corrected chi connectivity index (χ1v) is 8.25. The number of carbonyl (C=O) groups excluding carboxylic acids is 1. The van der Waals surface area contributed by atoms with Gasteiger partial charge in [-0.3, -0.25) is 19.6 Å². The van der Waals surface area contributed by atoms with Gasteiger partial charge in [0, 0.05) is 30.3 Å². The third kappa shape index (κ3) is 4.24. The van der Waals surface area contributed by atoms with Crippen LogP contribution in [0.3, 0.4) is 0 Å². The van der Waals surface area contributed by atoms with E-state index in [4.69, 9.17) is 4.74 Å². The summed E-state index contributed by atoms with van der Waals surface area (Å²) in [6.07, 6.45) is 0.400. The van der Waals surface area contributed by atoms with Gasteiger partial charge in [-0.05, 0) is 12.1 Å². The van der Waals surface area contributed by atoms with E-state index in [-0.39, 0.29) is 52.3 Å². The number of aryl methyl sites for hydroxylation is 1. The minimum Gasteiger partial charge on any atom is -0.508 e. The van der Waals surface area contributed by atoms with Gasteiger partial charge >= 0.3 is 0 Å². The first kappa shape index (κ1) is 19.6. The number of hydrogen-bond donors (Lipinski definition) is 3. The maximum absolute atomic E-state index is 12.9. The lowest BCUT2D eigenvalue weighted by molar-refractivity contribution is -0.384. The molecule has 11 heteroatoms. The van der Waals surface area contributed by atoms with E-state index in [0.717, 1.165) is 6.07 Å². The molecule has 0 radical (unpaired) electrons. The zero-order valence-corrected chi connectivity index (χ0v) is 14.8. The molecule has 2 aromatic carbocycles. The van der Waals surface area contributed by atoms with Gasteiger partial charge < -0.3 is 20.3 Å². The highest BCUT2D eigenvalue weighted by Crippen LogP contribution is 2.43. The summed E-state index contributed by atoms with van der Waals surface area (Å²) in [6, 6.07) is 8.85. The number of phenolic OH excluding ortho intramolecular Hbond substituents is 2. The van der Waals surface area contributed by atoms with Crippen molar-refractivity contribution in [1.82, 2.24) is 9.78 Å². The summed E-state index contributed by atoms with van der Waals surface area (Å²) < 4.78 is 19.9. The van der Waals surface area contributed by atoms with Crippen LogP contribution in [0.2, 0.25) is 0 Å². The van der Waals surface area contributed by atoms with Gasteiger partial charge in [-0.2, -0.15) is 5.10 Å². The summed E-state index contributed by atoms with van der Waals surface area (Å²) in [5.41, 5.74) is 0.171. The monoisotopic (exact) mass is 402 g/mol. The molecule has 3 N–H and O–H groups in total.